The smallest absolute Gasteiger partial charge is 0.275 e. The summed E-state index contributed by atoms with van der Waals surface area (Å²) in [6.45, 7) is 0.930. The summed E-state index contributed by atoms with van der Waals surface area (Å²) in [4.78, 5) is 25.2. The molecule has 0 spiro atoms. The normalized spacial score (nSPS) is 12.0. The quantitative estimate of drug-likeness (QED) is 0.494. The van der Waals surface area contributed by atoms with Crippen molar-refractivity contribution in [1.29, 1.82) is 0 Å². The molecule has 0 aliphatic rings. The van der Waals surface area contributed by atoms with Crippen molar-refractivity contribution in [1.82, 2.24) is 4.90 Å². The van der Waals surface area contributed by atoms with Gasteiger partial charge in [-0.25, -0.2) is 8.78 Å². The molecule has 0 atom stereocenters. The van der Waals surface area contributed by atoms with E-state index < -0.39 is 58.1 Å². The summed E-state index contributed by atoms with van der Waals surface area (Å²) in [6, 6.07) is 2.51. The first-order valence-corrected chi connectivity index (χ1v) is 7.87. The number of nitrogens with zero attached hydrogens (tertiary/aromatic N) is 1. The molecule has 0 N–H and O–H groups in total. The van der Waals surface area contributed by atoms with Crippen molar-refractivity contribution in [2.75, 3.05) is 6.54 Å². The Morgan fingerprint density at radius 3 is 1.34 bits per heavy atom. The highest BCUT2D eigenvalue weighted by Gasteiger charge is 2.36. The lowest BCUT2D eigenvalue weighted by Crippen LogP contribution is -2.37. The van der Waals surface area contributed by atoms with Crippen LogP contribution in [0.15, 0.2) is 36.4 Å². The van der Waals surface area contributed by atoms with Crippen LogP contribution in [0.1, 0.15) is 38.8 Å². The summed E-state index contributed by atoms with van der Waals surface area (Å²) in [5, 5.41) is 0. The van der Waals surface area contributed by atoms with Gasteiger partial charge in [0.05, 0.1) is 11.1 Å². The van der Waals surface area contributed by atoms with E-state index in [1.165, 1.54) is 6.92 Å². The Kier molecular flexibility index (Phi) is 6.00. The van der Waals surface area contributed by atoms with Crippen molar-refractivity contribution >= 4 is 11.8 Å². The summed E-state index contributed by atoms with van der Waals surface area (Å²) in [5.74, 6) is -5.89. The van der Waals surface area contributed by atoms with Crippen molar-refractivity contribution in [2.45, 2.75) is 19.3 Å². The average Bonchev–Trinajstić information content (AvgIpc) is 2.59. The molecule has 156 valence electrons. The Bertz CT molecular complexity index is 874. The van der Waals surface area contributed by atoms with E-state index in [0.29, 0.717) is 29.2 Å². The van der Waals surface area contributed by atoms with E-state index in [0.717, 1.165) is 0 Å². The van der Waals surface area contributed by atoms with Gasteiger partial charge in [-0.2, -0.15) is 26.3 Å². The standard InChI is InChI=1S/C18H11F8NO2/c1-2-27(15(28)9-3-5-11(13(19)7-9)17(21,22)23)16(29)10-4-6-12(14(20)8-10)18(24,25)26/h3-8H,2H2,1H3. The first-order chi connectivity index (χ1) is 13.3. The van der Waals surface area contributed by atoms with E-state index in [1.54, 1.807) is 0 Å². The summed E-state index contributed by atoms with van der Waals surface area (Å²) < 4.78 is 103. The van der Waals surface area contributed by atoms with Gasteiger partial charge < -0.3 is 0 Å². The van der Waals surface area contributed by atoms with Crippen molar-refractivity contribution in [3.05, 3.63) is 70.3 Å². The molecule has 0 aliphatic carbocycles. The van der Waals surface area contributed by atoms with Crippen LogP contribution in [0.3, 0.4) is 0 Å². The van der Waals surface area contributed by atoms with Gasteiger partial charge in [-0.05, 0) is 43.3 Å². The van der Waals surface area contributed by atoms with E-state index in [9.17, 15) is 44.7 Å². The monoisotopic (exact) mass is 425 g/mol. The fraction of sp³-hybridized carbons (Fsp3) is 0.222. The molecule has 0 aliphatic heterocycles. The van der Waals surface area contributed by atoms with Gasteiger partial charge in [-0.15, -0.1) is 0 Å². The third-order valence-electron chi connectivity index (χ3n) is 3.85. The highest BCUT2D eigenvalue weighted by molar-refractivity contribution is 6.10. The van der Waals surface area contributed by atoms with Crippen LogP contribution in [0, 0.1) is 11.6 Å². The molecule has 11 heteroatoms. The number of carbonyl (C=O) groups is 2. The number of alkyl halides is 6. The van der Waals surface area contributed by atoms with Gasteiger partial charge in [0.25, 0.3) is 11.8 Å². The number of benzene rings is 2. The lowest BCUT2D eigenvalue weighted by molar-refractivity contribution is -0.140. The number of imide groups is 1. The number of halogens is 8. The predicted molar refractivity (Wildman–Crippen MR) is 83.8 cm³/mol. The minimum Gasteiger partial charge on any atom is -0.275 e. The summed E-state index contributed by atoms with van der Waals surface area (Å²) >= 11 is 0. The fourth-order valence-corrected chi connectivity index (χ4v) is 2.45. The second kappa shape index (κ2) is 7.80. The zero-order chi connectivity index (χ0) is 22.1. The Hall–Kier alpha value is -2.98. The number of rotatable bonds is 3. The van der Waals surface area contributed by atoms with Crippen LogP contribution in [0.2, 0.25) is 0 Å². The Morgan fingerprint density at radius 1 is 0.759 bits per heavy atom. The Balaban J connectivity index is 2.36. The van der Waals surface area contributed by atoms with Gasteiger partial charge in [0, 0.05) is 17.7 Å². The minimum absolute atomic E-state index is 0.286. The molecule has 3 nitrogen and oxygen atoms in total. The summed E-state index contributed by atoms with van der Waals surface area (Å²) in [5.41, 5.74) is -4.43. The zero-order valence-electron chi connectivity index (χ0n) is 14.5. The lowest BCUT2D eigenvalue weighted by Gasteiger charge is -2.20. The van der Waals surface area contributed by atoms with Crippen molar-refractivity contribution in [3.63, 3.8) is 0 Å². The molecule has 0 radical (unpaired) electrons. The van der Waals surface area contributed by atoms with E-state index in [4.69, 9.17) is 0 Å². The van der Waals surface area contributed by atoms with Crippen LogP contribution in [0.5, 0.6) is 0 Å². The van der Waals surface area contributed by atoms with Gasteiger partial charge in [0.1, 0.15) is 11.6 Å². The number of carbonyl (C=O) groups excluding carboxylic acids is 2. The third-order valence-corrected chi connectivity index (χ3v) is 3.85. The maximum absolute atomic E-state index is 13.7. The van der Waals surface area contributed by atoms with Gasteiger partial charge in [-0.3, -0.25) is 14.5 Å². The highest BCUT2D eigenvalue weighted by atomic mass is 19.4. The van der Waals surface area contributed by atoms with E-state index in [1.807, 2.05) is 0 Å². The molecule has 0 saturated heterocycles. The number of amides is 2. The molecule has 29 heavy (non-hydrogen) atoms. The SMILES string of the molecule is CCN(C(=O)c1ccc(C(F)(F)F)c(F)c1)C(=O)c1ccc(C(F)(F)F)c(F)c1. The molecule has 2 amide bonds. The van der Waals surface area contributed by atoms with Crippen LogP contribution in [0.4, 0.5) is 35.1 Å². The minimum atomic E-state index is -5.00. The molecule has 0 saturated carbocycles. The van der Waals surface area contributed by atoms with E-state index in [-0.39, 0.29) is 18.7 Å². The van der Waals surface area contributed by atoms with Crippen LogP contribution in [0.25, 0.3) is 0 Å². The Morgan fingerprint density at radius 2 is 1.10 bits per heavy atom. The zero-order valence-corrected chi connectivity index (χ0v) is 14.5. The molecule has 2 aromatic carbocycles. The van der Waals surface area contributed by atoms with Crippen molar-refractivity contribution in [3.8, 4) is 0 Å². The first-order valence-electron chi connectivity index (χ1n) is 7.87. The molecule has 0 aromatic heterocycles. The van der Waals surface area contributed by atoms with Crippen LogP contribution < -0.4 is 0 Å². The molecular formula is C18H11F8NO2. The van der Waals surface area contributed by atoms with Crippen LogP contribution >= 0.6 is 0 Å². The summed E-state index contributed by atoms with van der Waals surface area (Å²) in [7, 11) is 0. The highest BCUT2D eigenvalue weighted by Crippen LogP contribution is 2.33. The second-order valence-electron chi connectivity index (χ2n) is 5.74. The fourth-order valence-electron chi connectivity index (χ4n) is 2.45. The van der Waals surface area contributed by atoms with Gasteiger partial charge in [-0.1, -0.05) is 0 Å². The molecule has 2 rings (SSSR count). The van der Waals surface area contributed by atoms with Crippen molar-refractivity contribution < 1.29 is 44.7 Å². The predicted octanol–water partition coefficient (Wildman–Crippen LogP) is 5.30. The molecule has 0 fully saturated rings. The maximum Gasteiger partial charge on any atom is 0.419 e. The maximum atomic E-state index is 13.7. The lowest BCUT2D eigenvalue weighted by atomic mass is 10.1. The molecular weight excluding hydrogens is 414 g/mol. The molecule has 2 aromatic rings. The average molecular weight is 425 g/mol. The topological polar surface area (TPSA) is 37.4 Å². The van der Waals surface area contributed by atoms with Gasteiger partial charge in [0.2, 0.25) is 0 Å². The first kappa shape index (κ1) is 22.3. The molecule has 0 bridgehead atoms. The van der Waals surface area contributed by atoms with Crippen LogP contribution in [-0.4, -0.2) is 23.3 Å². The molecule has 0 heterocycles. The number of hydrogen-bond acceptors (Lipinski definition) is 2. The van der Waals surface area contributed by atoms with Crippen molar-refractivity contribution in [2.24, 2.45) is 0 Å². The Labute approximate surface area is 158 Å². The van der Waals surface area contributed by atoms with Gasteiger partial charge >= 0.3 is 12.4 Å². The largest absolute Gasteiger partial charge is 0.419 e. The molecule has 0 unspecified atom stereocenters. The second-order valence-corrected chi connectivity index (χ2v) is 5.74. The van der Waals surface area contributed by atoms with E-state index in [2.05, 4.69) is 0 Å². The third kappa shape index (κ3) is 4.72. The van der Waals surface area contributed by atoms with Crippen LogP contribution in [-0.2, 0) is 12.4 Å². The summed E-state index contributed by atoms with van der Waals surface area (Å²) in [6.07, 6.45) is -9.99. The van der Waals surface area contributed by atoms with Gasteiger partial charge in [0.15, 0.2) is 0 Å². The van der Waals surface area contributed by atoms with E-state index >= 15 is 0 Å². The number of hydrogen-bond donors (Lipinski definition) is 0.